The SMILES string of the molecule is CCCCCCC1CCC(CCc2ccc(C#Cc3ccc(Cl)c(F)c3)cc2)CC1. The molecule has 2 heteroatoms. The van der Waals surface area contributed by atoms with E-state index in [4.69, 9.17) is 11.6 Å². The zero-order valence-electron chi connectivity index (χ0n) is 18.2. The molecule has 0 aliphatic heterocycles. The van der Waals surface area contributed by atoms with Crippen LogP contribution in [0.15, 0.2) is 42.5 Å². The maximum atomic E-state index is 13.5. The maximum Gasteiger partial charge on any atom is 0.143 e. The molecule has 0 bridgehead atoms. The van der Waals surface area contributed by atoms with Crippen LogP contribution in [0, 0.1) is 29.5 Å². The minimum atomic E-state index is -0.427. The Bertz CT molecular complexity index is 835. The number of rotatable bonds is 8. The Hall–Kier alpha value is -1.78. The smallest absolute Gasteiger partial charge is 0.143 e. The van der Waals surface area contributed by atoms with Gasteiger partial charge in [0.15, 0.2) is 0 Å². The molecule has 0 unspecified atom stereocenters. The first-order chi connectivity index (χ1) is 14.6. The van der Waals surface area contributed by atoms with Crippen LogP contribution in [0.3, 0.4) is 0 Å². The molecule has 0 spiro atoms. The topological polar surface area (TPSA) is 0 Å². The number of halogens is 2. The van der Waals surface area contributed by atoms with Crippen LogP contribution in [0.5, 0.6) is 0 Å². The fourth-order valence-electron chi connectivity index (χ4n) is 4.51. The molecule has 0 radical (unpaired) electrons. The van der Waals surface area contributed by atoms with Crippen molar-refractivity contribution in [2.24, 2.45) is 11.8 Å². The average molecular weight is 425 g/mol. The van der Waals surface area contributed by atoms with Crippen molar-refractivity contribution in [3.63, 3.8) is 0 Å². The monoisotopic (exact) mass is 424 g/mol. The third-order valence-electron chi connectivity index (χ3n) is 6.50. The Morgan fingerprint density at radius 3 is 2.13 bits per heavy atom. The van der Waals surface area contributed by atoms with E-state index in [2.05, 4.69) is 43.0 Å². The molecule has 1 aliphatic carbocycles. The molecule has 0 aromatic heterocycles. The first-order valence-electron chi connectivity index (χ1n) is 11.7. The molecule has 1 aliphatic rings. The average Bonchev–Trinajstić information content (AvgIpc) is 2.77. The van der Waals surface area contributed by atoms with E-state index in [1.165, 1.54) is 75.8 Å². The molecule has 0 heterocycles. The van der Waals surface area contributed by atoms with Crippen molar-refractivity contribution in [1.29, 1.82) is 0 Å². The molecule has 0 atom stereocenters. The van der Waals surface area contributed by atoms with Gasteiger partial charge in [0.05, 0.1) is 5.02 Å². The molecule has 0 saturated heterocycles. The van der Waals surface area contributed by atoms with Crippen molar-refractivity contribution in [2.75, 3.05) is 0 Å². The second-order valence-corrected chi connectivity index (χ2v) is 9.26. The molecule has 2 aromatic rings. The number of hydrogen-bond donors (Lipinski definition) is 0. The van der Waals surface area contributed by atoms with Gasteiger partial charge in [0.25, 0.3) is 0 Å². The van der Waals surface area contributed by atoms with Gasteiger partial charge in [-0.2, -0.15) is 0 Å². The lowest BCUT2D eigenvalue weighted by Gasteiger charge is -2.28. The zero-order chi connectivity index (χ0) is 21.2. The highest BCUT2D eigenvalue weighted by Gasteiger charge is 2.20. The van der Waals surface area contributed by atoms with Crippen molar-refractivity contribution in [1.82, 2.24) is 0 Å². The summed E-state index contributed by atoms with van der Waals surface area (Å²) in [5.41, 5.74) is 2.99. The van der Waals surface area contributed by atoms with Crippen LogP contribution < -0.4 is 0 Å². The van der Waals surface area contributed by atoms with E-state index in [1.54, 1.807) is 12.1 Å². The lowest BCUT2D eigenvalue weighted by atomic mass is 9.77. The largest absolute Gasteiger partial charge is 0.205 e. The summed E-state index contributed by atoms with van der Waals surface area (Å²) in [5, 5.41) is 0.130. The molecule has 3 rings (SSSR count). The summed E-state index contributed by atoms with van der Waals surface area (Å²) in [4.78, 5) is 0. The van der Waals surface area contributed by atoms with E-state index in [9.17, 15) is 4.39 Å². The Labute approximate surface area is 187 Å². The quantitative estimate of drug-likeness (QED) is 0.294. The summed E-state index contributed by atoms with van der Waals surface area (Å²) in [6.45, 7) is 2.29. The maximum absolute atomic E-state index is 13.5. The molecular formula is C28H34ClF. The molecule has 0 nitrogen and oxygen atoms in total. The molecule has 1 saturated carbocycles. The summed E-state index contributed by atoms with van der Waals surface area (Å²) >= 11 is 5.72. The van der Waals surface area contributed by atoms with Gasteiger partial charge < -0.3 is 0 Å². The van der Waals surface area contributed by atoms with Gasteiger partial charge in [0.2, 0.25) is 0 Å². The molecule has 0 amide bonds. The van der Waals surface area contributed by atoms with Gasteiger partial charge in [0.1, 0.15) is 5.82 Å². The Morgan fingerprint density at radius 2 is 1.47 bits per heavy atom. The summed E-state index contributed by atoms with van der Waals surface area (Å²) in [5.74, 6) is 7.58. The number of hydrogen-bond acceptors (Lipinski definition) is 0. The van der Waals surface area contributed by atoms with Gasteiger partial charge in [-0.1, -0.05) is 100 Å². The number of benzene rings is 2. The van der Waals surface area contributed by atoms with E-state index < -0.39 is 5.82 Å². The molecule has 0 N–H and O–H groups in total. The van der Waals surface area contributed by atoms with Crippen molar-refractivity contribution >= 4 is 11.6 Å². The predicted octanol–water partition coefficient (Wildman–Crippen LogP) is 8.59. The molecular weight excluding hydrogens is 391 g/mol. The van der Waals surface area contributed by atoms with Crippen LogP contribution in [-0.2, 0) is 6.42 Å². The van der Waals surface area contributed by atoms with Gasteiger partial charge in [-0.05, 0) is 60.6 Å². The van der Waals surface area contributed by atoms with Gasteiger partial charge in [-0.15, -0.1) is 0 Å². The molecule has 1 fully saturated rings. The minimum Gasteiger partial charge on any atom is -0.205 e. The van der Waals surface area contributed by atoms with Crippen LogP contribution in [0.2, 0.25) is 5.02 Å². The van der Waals surface area contributed by atoms with E-state index in [1.807, 2.05) is 0 Å². The Morgan fingerprint density at radius 1 is 0.833 bits per heavy atom. The standard InChI is InChI=1S/C28H34ClF/c1-2-3-4-5-6-22-7-9-23(10-8-22)11-12-24-13-15-25(16-14-24)17-18-26-19-20-27(29)28(30)21-26/h13-16,19-23H,2-12H2,1H3. The number of aryl methyl sites for hydroxylation is 1. The summed E-state index contributed by atoms with van der Waals surface area (Å²) < 4.78 is 13.5. The number of unbranched alkanes of at least 4 members (excludes halogenated alkanes) is 3. The highest BCUT2D eigenvalue weighted by Crippen LogP contribution is 2.34. The molecule has 160 valence electrons. The van der Waals surface area contributed by atoms with Crippen LogP contribution in [0.25, 0.3) is 0 Å². The fourth-order valence-corrected chi connectivity index (χ4v) is 4.63. The van der Waals surface area contributed by atoms with Gasteiger partial charge in [0, 0.05) is 11.1 Å². The fraction of sp³-hybridized carbons (Fsp3) is 0.500. The second kappa shape index (κ2) is 12.2. The van der Waals surface area contributed by atoms with E-state index in [0.29, 0.717) is 5.56 Å². The van der Waals surface area contributed by atoms with Gasteiger partial charge >= 0.3 is 0 Å². The van der Waals surface area contributed by atoms with E-state index in [0.717, 1.165) is 23.8 Å². The Balaban J connectivity index is 1.40. The van der Waals surface area contributed by atoms with Crippen LogP contribution in [0.1, 0.15) is 87.8 Å². The van der Waals surface area contributed by atoms with E-state index >= 15 is 0 Å². The van der Waals surface area contributed by atoms with Crippen LogP contribution in [0.4, 0.5) is 4.39 Å². The normalized spacial score (nSPS) is 18.6. The third kappa shape index (κ3) is 7.48. The minimum absolute atomic E-state index is 0.130. The van der Waals surface area contributed by atoms with Crippen LogP contribution in [-0.4, -0.2) is 0 Å². The van der Waals surface area contributed by atoms with Crippen molar-refractivity contribution in [3.8, 4) is 11.8 Å². The van der Waals surface area contributed by atoms with Crippen molar-refractivity contribution < 1.29 is 4.39 Å². The Kier molecular flexibility index (Phi) is 9.28. The first kappa shape index (κ1) is 22.9. The summed E-state index contributed by atoms with van der Waals surface area (Å²) in [7, 11) is 0. The van der Waals surface area contributed by atoms with Gasteiger partial charge in [-0.3, -0.25) is 0 Å². The highest BCUT2D eigenvalue weighted by atomic mass is 35.5. The first-order valence-corrected chi connectivity index (χ1v) is 12.1. The third-order valence-corrected chi connectivity index (χ3v) is 6.80. The van der Waals surface area contributed by atoms with E-state index in [-0.39, 0.29) is 5.02 Å². The lowest BCUT2D eigenvalue weighted by molar-refractivity contribution is 0.249. The zero-order valence-corrected chi connectivity index (χ0v) is 19.0. The highest BCUT2D eigenvalue weighted by molar-refractivity contribution is 6.30. The second-order valence-electron chi connectivity index (χ2n) is 8.85. The molecule has 2 aromatic carbocycles. The van der Waals surface area contributed by atoms with Crippen molar-refractivity contribution in [2.45, 2.75) is 77.6 Å². The van der Waals surface area contributed by atoms with Gasteiger partial charge in [-0.25, -0.2) is 4.39 Å². The summed E-state index contributed by atoms with van der Waals surface area (Å²) in [6.07, 6.45) is 15.2. The van der Waals surface area contributed by atoms with Crippen molar-refractivity contribution in [3.05, 3.63) is 70.0 Å². The van der Waals surface area contributed by atoms with Crippen LogP contribution >= 0.6 is 11.6 Å². The predicted molar refractivity (Wildman–Crippen MR) is 126 cm³/mol. The molecule has 30 heavy (non-hydrogen) atoms. The lowest BCUT2D eigenvalue weighted by Crippen LogP contribution is -2.15. The summed E-state index contributed by atoms with van der Waals surface area (Å²) in [6, 6.07) is 13.2.